The molecule has 1 N–H and O–H groups in total. The Morgan fingerprint density at radius 3 is 2.71 bits per heavy atom. The van der Waals surface area contributed by atoms with Gasteiger partial charge in [0, 0.05) is 24.7 Å². The second kappa shape index (κ2) is 6.03. The maximum absolute atomic E-state index is 11.3. The normalized spacial score (nSPS) is 11.1. The average molecular weight is 273 g/mol. The van der Waals surface area contributed by atoms with Crippen LogP contribution in [0.2, 0.25) is 5.02 Å². The van der Waals surface area contributed by atoms with Crippen molar-refractivity contribution in [3.8, 4) is 11.8 Å². The highest BCUT2D eigenvalue weighted by molar-refractivity contribution is 7.87. The van der Waals surface area contributed by atoms with Crippen molar-refractivity contribution in [2.75, 3.05) is 20.6 Å². The van der Waals surface area contributed by atoms with Gasteiger partial charge in [0.2, 0.25) is 0 Å². The van der Waals surface area contributed by atoms with Crippen LogP contribution in [0.25, 0.3) is 0 Å². The molecule has 0 aliphatic rings. The SMILES string of the molecule is CN(C)S(=O)(=O)NCC#Cc1cccc(Cl)c1. The monoisotopic (exact) mass is 272 g/mol. The molecule has 0 atom stereocenters. The molecule has 0 aliphatic carbocycles. The van der Waals surface area contributed by atoms with Crippen molar-refractivity contribution < 1.29 is 8.42 Å². The zero-order chi connectivity index (χ0) is 12.9. The predicted octanol–water partition coefficient (Wildman–Crippen LogP) is 1.09. The van der Waals surface area contributed by atoms with E-state index in [1.54, 1.807) is 24.3 Å². The summed E-state index contributed by atoms with van der Waals surface area (Å²) >= 11 is 5.79. The molecule has 0 unspecified atom stereocenters. The zero-order valence-electron chi connectivity index (χ0n) is 9.57. The van der Waals surface area contributed by atoms with Crippen molar-refractivity contribution in [3.05, 3.63) is 34.9 Å². The van der Waals surface area contributed by atoms with Crippen LogP contribution in [0.1, 0.15) is 5.56 Å². The second-order valence-corrected chi connectivity index (χ2v) is 5.83. The number of nitrogens with zero attached hydrogens (tertiary/aromatic N) is 1. The van der Waals surface area contributed by atoms with E-state index >= 15 is 0 Å². The van der Waals surface area contributed by atoms with Gasteiger partial charge in [0.15, 0.2) is 0 Å². The van der Waals surface area contributed by atoms with Gasteiger partial charge in [-0.1, -0.05) is 29.5 Å². The van der Waals surface area contributed by atoms with E-state index in [2.05, 4.69) is 16.6 Å². The lowest BCUT2D eigenvalue weighted by atomic mass is 10.2. The van der Waals surface area contributed by atoms with Gasteiger partial charge in [0.05, 0.1) is 6.54 Å². The van der Waals surface area contributed by atoms with E-state index in [0.29, 0.717) is 5.02 Å². The minimum atomic E-state index is -3.41. The third kappa shape index (κ3) is 4.75. The highest BCUT2D eigenvalue weighted by Crippen LogP contribution is 2.09. The number of benzene rings is 1. The van der Waals surface area contributed by atoms with Gasteiger partial charge in [-0.15, -0.1) is 0 Å². The molecule has 0 saturated carbocycles. The molecule has 4 nitrogen and oxygen atoms in total. The molecule has 1 aromatic carbocycles. The predicted molar refractivity (Wildman–Crippen MR) is 68.9 cm³/mol. The van der Waals surface area contributed by atoms with Crippen LogP contribution >= 0.6 is 11.6 Å². The van der Waals surface area contributed by atoms with Gasteiger partial charge in [-0.3, -0.25) is 0 Å². The maximum atomic E-state index is 11.3. The summed E-state index contributed by atoms with van der Waals surface area (Å²) in [5.74, 6) is 5.53. The molecule has 0 radical (unpaired) electrons. The molecule has 17 heavy (non-hydrogen) atoms. The quantitative estimate of drug-likeness (QED) is 0.838. The molecule has 1 rings (SSSR count). The van der Waals surface area contributed by atoms with Crippen LogP contribution in [-0.4, -0.2) is 33.4 Å². The molecule has 6 heteroatoms. The fraction of sp³-hybridized carbons (Fsp3) is 0.273. The summed E-state index contributed by atoms with van der Waals surface area (Å²) in [5.41, 5.74) is 0.751. The molecule has 0 heterocycles. The third-order valence-electron chi connectivity index (χ3n) is 1.88. The first kappa shape index (κ1) is 14.0. The van der Waals surface area contributed by atoms with Crippen molar-refractivity contribution in [2.24, 2.45) is 0 Å². The summed E-state index contributed by atoms with van der Waals surface area (Å²) in [4.78, 5) is 0. The molecule has 1 aromatic rings. The average Bonchev–Trinajstić information content (AvgIpc) is 2.24. The Bertz CT molecular complexity index is 544. The van der Waals surface area contributed by atoms with Gasteiger partial charge in [-0.2, -0.15) is 17.4 Å². The summed E-state index contributed by atoms with van der Waals surface area (Å²) < 4.78 is 26.1. The lowest BCUT2D eigenvalue weighted by Gasteiger charge is -2.09. The highest BCUT2D eigenvalue weighted by atomic mass is 35.5. The Morgan fingerprint density at radius 2 is 2.12 bits per heavy atom. The van der Waals surface area contributed by atoms with Gasteiger partial charge in [0.25, 0.3) is 10.2 Å². The Kier molecular flexibility index (Phi) is 4.97. The van der Waals surface area contributed by atoms with Crippen molar-refractivity contribution in [1.82, 2.24) is 9.03 Å². The summed E-state index contributed by atoms with van der Waals surface area (Å²) in [7, 11) is -0.504. The van der Waals surface area contributed by atoms with Gasteiger partial charge in [-0.25, -0.2) is 0 Å². The van der Waals surface area contributed by atoms with E-state index in [1.807, 2.05) is 0 Å². The lowest BCUT2D eigenvalue weighted by molar-refractivity contribution is 0.509. The van der Waals surface area contributed by atoms with Gasteiger partial charge < -0.3 is 0 Å². The fourth-order valence-corrected chi connectivity index (χ4v) is 1.67. The maximum Gasteiger partial charge on any atom is 0.279 e. The Labute approximate surface area is 107 Å². The van der Waals surface area contributed by atoms with Crippen LogP contribution in [0.3, 0.4) is 0 Å². The molecule has 0 spiro atoms. The molecule has 0 aromatic heterocycles. The first-order chi connectivity index (χ1) is 7.92. The number of hydrogen-bond acceptors (Lipinski definition) is 2. The van der Waals surface area contributed by atoms with Crippen LogP contribution in [0, 0.1) is 11.8 Å². The smallest absolute Gasteiger partial charge is 0.195 e. The van der Waals surface area contributed by atoms with E-state index in [9.17, 15) is 8.42 Å². The minimum absolute atomic E-state index is 0.0625. The van der Waals surface area contributed by atoms with Gasteiger partial charge in [0.1, 0.15) is 0 Å². The van der Waals surface area contributed by atoms with Gasteiger partial charge >= 0.3 is 0 Å². The molecule has 0 aliphatic heterocycles. The first-order valence-corrected chi connectivity index (χ1v) is 6.65. The largest absolute Gasteiger partial charge is 0.279 e. The van der Waals surface area contributed by atoms with Crippen molar-refractivity contribution >= 4 is 21.8 Å². The van der Waals surface area contributed by atoms with Crippen LogP contribution < -0.4 is 4.72 Å². The van der Waals surface area contributed by atoms with E-state index in [1.165, 1.54) is 14.1 Å². The third-order valence-corrected chi connectivity index (χ3v) is 3.59. The molecule has 0 amide bonds. The minimum Gasteiger partial charge on any atom is -0.195 e. The molecular formula is C11H13ClN2O2S. The summed E-state index contributed by atoms with van der Waals surface area (Å²) in [6.45, 7) is 0.0625. The number of rotatable bonds is 3. The number of hydrogen-bond donors (Lipinski definition) is 1. The zero-order valence-corrected chi connectivity index (χ0v) is 11.1. The van der Waals surface area contributed by atoms with Crippen LogP contribution in [0.15, 0.2) is 24.3 Å². The topological polar surface area (TPSA) is 49.4 Å². The Hall–Kier alpha value is -1.06. The molecule has 92 valence electrons. The summed E-state index contributed by atoms with van der Waals surface area (Å²) in [6.07, 6.45) is 0. The lowest BCUT2D eigenvalue weighted by Crippen LogP contribution is -2.35. The van der Waals surface area contributed by atoms with Crippen LogP contribution in [0.5, 0.6) is 0 Å². The van der Waals surface area contributed by atoms with Crippen molar-refractivity contribution in [1.29, 1.82) is 0 Å². The van der Waals surface area contributed by atoms with Crippen molar-refractivity contribution in [2.45, 2.75) is 0 Å². The summed E-state index contributed by atoms with van der Waals surface area (Å²) in [5, 5.41) is 0.602. The summed E-state index contributed by atoms with van der Waals surface area (Å²) in [6, 6.07) is 7.06. The Morgan fingerprint density at radius 1 is 1.41 bits per heavy atom. The van der Waals surface area contributed by atoms with E-state index in [-0.39, 0.29) is 6.54 Å². The first-order valence-electron chi connectivity index (χ1n) is 4.83. The molecule has 0 saturated heterocycles. The second-order valence-electron chi connectivity index (χ2n) is 3.42. The molecule has 0 bridgehead atoms. The van der Waals surface area contributed by atoms with Crippen LogP contribution in [-0.2, 0) is 10.2 Å². The number of halogens is 1. The van der Waals surface area contributed by atoms with Crippen molar-refractivity contribution in [3.63, 3.8) is 0 Å². The van der Waals surface area contributed by atoms with Crippen LogP contribution in [0.4, 0.5) is 0 Å². The van der Waals surface area contributed by atoms with E-state index in [0.717, 1.165) is 9.87 Å². The number of nitrogens with one attached hydrogen (secondary N) is 1. The fourth-order valence-electron chi connectivity index (χ4n) is 0.969. The molecular weight excluding hydrogens is 260 g/mol. The van der Waals surface area contributed by atoms with E-state index < -0.39 is 10.2 Å². The highest BCUT2D eigenvalue weighted by Gasteiger charge is 2.10. The Balaban J connectivity index is 2.59. The van der Waals surface area contributed by atoms with E-state index in [4.69, 9.17) is 11.6 Å². The molecule has 0 fully saturated rings. The standard InChI is InChI=1S/C11H13ClN2O2S/c1-14(2)17(15,16)13-8-4-6-10-5-3-7-11(12)9-10/h3,5,7,9,13H,8H2,1-2H3. The van der Waals surface area contributed by atoms with Gasteiger partial charge in [-0.05, 0) is 18.2 Å².